The lowest BCUT2D eigenvalue weighted by Crippen LogP contribution is -2.62. The number of imide groups is 2. The summed E-state index contributed by atoms with van der Waals surface area (Å²) in [6.07, 6.45) is 7.13. The van der Waals surface area contributed by atoms with Gasteiger partial charge < -0.3 is 0 Å². The Kier molecular flexibility index (Phi) is 3.08. The number of nitrogens with zero attached hydrogens (tertiary/aromatic N) is 1. The topological polar surface area (TPSA) is 66.5 Å². The molecule has 2 saturated carbocycles. The minimum Gasteiger partial charge on any atom is -0.277 e. The van der Waals surface area contributed by atoms with Crippen LogP contribution in [-0.2, 0) is 9.59 Å². The Morgan fingerprint density at radius 1 is 1.26 bits per heavy atom. The first-order valence-electron chi connectivity index (χ1n) is 6.80. The van der Waals surface area contributed by atoms with Gasteiger partial charge in [-0.1, -0.05) is 6.42 Å². The first kappa shape index (κ1) is 13.0. The van der Waals surface area contributed by atoms with Gasteiger partial charge in [-0.3, -0.25) is 19.8 Å². The molecule has 3 rings (SSSR count). The van der Waals surface area contributed by atoms with Gasteiger partial charge in [0, 0.05) is 11.3 Å². The van der Waals surface area contributed by atoms with Crippen LogP contribution in [0, 0.1) is 5.41 Å². The monoisotopic (exact) mass is 282 g/mol. The maximum absolute atomic E-state index is 12.5. The summed E-state index contributed by atoms with van der Waals surface area (Å²) >= 11 is 1.80. The van der Waals surface area contributed by atoms with Crippen molar-refractivity contribution >= 4 is 29.6 Å². The third-order valence-corrected chi connectivity index (χ3v) is 5.64. The molecule has 5 nitrogen and oxygen atoms in total. The Morgan fingerprint density at radius 2 is 2.00 bits per heavy atom. The van der Waals surface area contributed by atoms with E-state index in [1.165, 1.54) is 4.90 Å². The lowest BCUT2D eigenvalue weighted by atomic mass is 9.91. The zero-order chi connectivity index (χ0) is 13.6. The van der Waals surface area contributed by atoms with Crippen LogP contribution < -0.4 is 5.32 Å². The SMILES string of the molecule is CSC1CCCC(N2C(=O)NC(=O)C3(CC3)C2=O)C1. The summed E-state index contributed by atoms with van der Waals surface area (Å²) in [6.45, 7) is 0. The second-order valence-electron chi connectivity index (χ2n) is 5.69. The second kappa shape index (κ2) is 4.51. The highest BCUT2D eigenvalue weighted by Crippen LogP contribution is 2.50. The quantitative estimate of drug-likeness (QED) is 0.780. The number of rotatable bonds is 2. The van der Waals surface area contributed by atoms with E-state index < -0.39 is 17.4 Å². The molecule has 2 aliphatic carbocycles. The molecule has 1 aliphatic heterocycles. The molecule has 0 radical (unpaired) electrons. The lowest BCUT2D eigenvalue weighted by Gasteiger charge is -2.39. The van der Waals surface area contributed by atoms with Crippen molar-refractivity contribution in [2.24, 2.45) is 5.41 Å². The van der Waals surface area contributed by atoms with Crippen molar-refractivity contribution in [2.75, 3.05) is 6.26 Å². The Morgan fingerprint density at radius 3 is 2.63 bits per heavy atom. The predicted molar refractivity (Wildman–Crippen MR) is 71.6 cm³/mol. The second-order valence-corrected chi connectivity index (χ2v) is 6.83. The molecule has 3 fully saturated rings. The molecule has 1 heterocycles. The molecule has 1 spiro atoms. The fourth-order valence-electron chi connectivity index (χ4n) is 3.16. The van der Waals surface area contributed by atoms with Gasteiger partial charge in [0.2, 0.25) is 11.8 Å². The van der Waals surface area contributed by atoms with E-state index in [1.54, 1.807) is 11.8 Å². The Balaban J connectivity index is 1.81. The van der Waals surface area contributed by atoms with Crippen LogP contribution in [0.1, 0.15) is 38.5 Å². The molecular formula is C13H18N2O3S. The van der Waals surface area contributed by atoms with E-state index in [0.717, 1.165) is 25.7 Å². The van der Waals surface area contributed by atoms with Crippen molar-refractivity contribution in [3.8, 4) is 0 Å². The van der Waals surface area contributed by atoms with E-state index in [1.807, 2.05) is 0 Å². The zero-order valence-corrected chi connectivity index (χ0v) is 11.8. The highest BCUT2D eigenvalue weighted by Gasteiger charge is 2.63. The summed E-state index contributed by atoms with van der Waals surface area (Å²) in [7, 11) is 0. The molecule has 0 aromatic heterocycles. The lowest BCUT2D eigenvalue weighted by molar-refractivity contribution is -0.146. The fraction of sp³-hybridized carbons (Fsp3) is 0.769. The van der Waals surface area contributed by atoms with E-state index in [-0.39, 0.29) is 11.9 Å². The van der Waals surface area contributed by atoms with Gasteiger partial charge in [-0.15, -0.1) is 0 Å². The summed E-state index contributed by atoms with van der Waals surface area (Å²) in [5.41, 5.74) is -0.903. The minimum absolute atomic E-state index is 0.0377. The number of carbonyl (C=O) groups excluding carboxylic acids is 3. The Hall–Kier alpha value is -1.04. The van der Waals surface area contributed by atoms with Gasteiger partial charge in [0.1, 0.15) is 5.41 Å². The summed E-state index contributed by atoms with van der Waals surface area (Å²) in [4.78, 5) is 37.6. The van der Waals surface area contributed by atoms with Gasteiger partial charge >= 0.3 is 6.03 Å². The summed E-state index contributed by atoms with van der Waals surface area (Å²) in [5.74, 6) is -0.649. The maximum Gasteiger partial charge on any atom is 0.331 e. The van der Waals surface area contributed by atoms with E-state index >= 15 is 0 Å². The largest absolute Gasteiger partial charge is 0.331 e. The molecule has 2 atom stereocenters. The number of hydrogen-bond acceptors (Lipinski definition) is 4. The Labute approximate surface area is 116 Å². The molecule has 2 unspecified atom stereocenters. The normalized spacial score (nSPS) is 33.5. The van der Waals surface area contributed by atoms with Crippen LogP contribution in [0.15, 0.2) is 0 Å². The molecule has 0 bridgehead atoms. The van der Waals surface area contributed by atoms with Gasteiger partial charge in [0.05, 0.1) is 0 Å². The van der Waals surface area contributed by atoms with Crippen LogP contribution in [0.5, 0.6) is 0 Å². The molecular weight excluding hydrogens is 264 g/mol. The number of amides is 4. The molecule has 0 aromatic rings. The van der Waals surface area contributed by atoms with Crippen LogP contribution >= 0.6 is 11.8 Å². The number of barbiturate groups is 1. The smallest absolute Gasteiger partial charge is 0.277 e. The highest BCUT2D eigenvalue weighted by atomic mass is 32.2. The zero-order valence-electron chi connectivity index (χ0n) is 11.0. The third-order valence-electron chi connectivity index (χ3n) is 4.55. The van der Waals surface area contributed by atoms with Crippen LogP contribution in [0.2, 0.25) is 0 Å². The number of thioether (sulfide) groups is 1. The molecule has 104 valence electrons. The minimum atomic E-state index is -0.903. The third kappa shape index (κ3) is 1.96. The number of nitrogens with one attached hydrogen (secondary N) is 1. The first-order chi connectivity index (χ1) is 9.08. The van der Waals surface area contributed by atoms with Crippen molar-refractivity contribution in [2.45, 2.75) is 49.8 Å². The maximum atomic E-state index is 12.5. The van der Waals surface area contributed by atoms with Gasteiger partial charge in [-0.25, -0.2) is 4.79 Å². The van der Waals surface area contributed by atoms with Crippen molar-refractivity contribution in [1.29, 1.82) is 0 Å². The molecule has 6 heteroatoms. The molecule has 4 amide bonds. The van der Waals surface area contributed by atoms with Crippen molar-refractivity contribution in [1.82, 2.24) is 10.2 Å². The highest BCUT2D eigenvalue weighted by molar-refractivity contribution is 7.99. The van der Waals surface area contributed by atoms with Gasteiger partial charge in [-0.2, -0.15) is 11.8 Å². The predicted octanol–water partition coefficient (Wildman–Crippen LogP) is 1.52. The average molecular weight is 282 g/mol. The average Bonchev–Trinajstić information content (AvgIpc) is 3.19. The van der Waals surface area contributed by atoms with Crippen LogP contribution in [-0.4, -0.2) is 40.3 Å². The van der Waals surface area contributed by atoms with E-state index in [4.69, 9.17) is 0 Å². The van der Waals surface area contributed by atoms with Crippen LogP contribution in [0.4, 0.5) is 4.79 Å². The van der Waals surface area contributed by atoms with Gasteiger partial charge in [-0.05, 0) is 38.4 Å². The summed E-state index contributed by atoms with van der Waals surface area (Å²) in [6, 6.07) is -0.552. The molecule has 3 aliphatic rings. The number of urea groups is 1. The molecule has 19 heavy (non-hydrogen) atoms. The summed E-state index contributed by atoms with van der Waals surface area (Å²) < 4.78 is 0. The Bertz CT molecular complexity index is 447. The molecule has 1 N–H and O–H groups in total. The molecule has 1 saturated heterocycles. The van der Waals surface area contributed by atoms with Crippen LogP contribution in [0.25, 0.3) is 0 Å². The van der Waals surface area contributed by atoms with Gasteiger partial charge in [0.15, 0.2) is 0 Å². The van der Waals surface area contributed by atoms with Crippen molar-refractivity contribution < 1.29 is 14.4 Å². The van der Waals surface area contributed by atoms with Gasteiger partial charge in [0.25, 0.3) is 0 Å². The number of hydrogen-bond donors (Lipinski definition) is 1. The standard InChI is InChI=1S/C13H18N2O3S/c1-19-9-4-2-3-8(7-9)15-11(17)13(5-6-13)10(16)14-12(15)18/h8-9H,2-7H2,1H3,(H,14,16,18). The summed E-state index contributed by atoms with van der Waals surface area (Å²) in [5, 5.41) is 2.87. The van der Waals surface area contributed by atoms with E-state index in [2.05, 4.69) is 11.6 Å². The van der Waals surface area contributed by atoms with Crippen molar-refractivity contribution in [3.63, 3.8) is 0 Å². The van der Waals surface area contributed by atoms with E-state index in [0.29, 0.717) is 18.1 Å². The number of carbonyl (C=O) groups is 3. The van der Waals surface area contributed by atoms with Crippen LogP contribution in [0.3, 0.4) is 0 Å². The van der Waals surface area contributed by atoms with E-state index in [9.17, 15) is 14.4 Å². The molecule has 0 aromatic carbocycles. The first-order valence-corrected chi connectivity index (χ1v) is 8.09. The fourth-order valence-corrected chi connectivity index (χ4v) is 3.98. The van der Waals surface area contributed by atoms with Crippen molar-refractivity contribution in [3.05, 3.63) is 0 Å².